The molecular formula is C11H21BrN2O2. The molecule has 0 spiro atoms. The zero-order chi connectivity index (χ0) is 12.6. The van der Waals surface area contributed by atoms with E-state index in [9.17, 15) is 9.59 Å². The van der Waals surface area contributed by atoms with Crippen molar-refractivity contribution in [1.82, 2.24) is 5.32 Å². The number of amides is 3. The molecule has 1 rings (SSSR count). The minimum atomic E-state index is -0.814. The van der Waals surface area contributed by atoms with Gasteiger partial charge in [-0.05, 0) is 12.8 Å². The van der Waals surface area contributed by atoms with E-state index in [1.54, 1.807) is 0 Å². The second kappa shape index (κ2) is 7.65. The highest BCUT2D eigenvalue weighted by Gasteiger charge is 2.32. The van der Waals surface area contributed by atoms with Gasteiger partial charge >= 0.3 is 6.03 Å². The molecule has 0 atom stereocenters. The third-order valence-electron chi connectivity index (χ3n) is 2.76. The van der Waals surface area contributed by atoms with Crippen molar-refractivity contribution in [2.45, 2.75) is 56.7 Å². The highest BCUT2D eigenvalue weighted by atomic mass is 79.9. The summed E-state index contributed by atoms with van der Waals surface area (Å²) < 4.78 is -0.665. The summed E-state index contributed by atoms with van der Waals surface area (Å²) in [7, 11) is 0. The first kappa shape index (κ1) is 15.4. The fourth-order valence-electron chi connectivity index (χ4n) is 1.05. The highest BCUT2D eigenvalue weighted by Crippen LogP contribution is 2.26. The Balaban J connectivity index is 0.000000462. The van der Waals surface area contributed by atoms with Gasteiger partial charge in [0.25, 0.3) is 0 Å². The summed E-state index contributed by atoms with van der Waals surface area (Å²) in [4.78, 5) is 21.6. The van der Waals surface area contributed by atoms with Crippen LogP contribution in [0, 0.1) is 0 Å². The van der Waals surface area contributed by atoms with Crippen LogP contribution in [0.2, 0.25) is 0 Å². The van der Waals surface area contributed by atoms with Crippen LogP contribution in [0.4, 0.5) is 4.79 Å². The van der Waals surface area contributed by atoms with Crippen molar-refractivity contribution in [3.63, 3.8) is 0 Å². The van der Waals surface area contributed by atoms with Gasteiger partial charge in [0.1, 0.15) is 4.32 Å². The molecule has 16 heavy (non-hydrogen) atoms. The molecule has 0 unspecified atom stereocenters. The fourth-order valence-corrected chi connectivity index (χ4v) is 1.14. The molecule has 0 aromatic rings. The van der Waals surface area contributed by atoms with Crippen molar-refractivity contribution in [3.05, 3.63) is 0 Å². The standard InChI is InChI=1S/C7H13BrN2O2.C4H8/c1-3-7(8,4-2)5(11)10-6(9)12;1-2-4-3-1/h3-4H2,1-2H3,(H3,9,10,11,12);1-4H2. The van der Waals surface area contributed by atoms with E-state index >= 15 is 0 Å². The van der Waals surface area contributed by atoms with Crippen LogP contribution in [0.25, 0.3) is 0 Å². The van der Waals surface area contributed by atoms with Gasteiger partial charge in [0.15, 0.2) is 0 Å². The number of urea groups is 1. The molecule has 0 radical (unpaired) electrons. The summed E-state index contributed by atoms with van der Waals surface area (Å²) in [6, 6.07) is -0.814. The third kappa shape index (κ3) is 5.49. The van der Waals surface area contributed by atoms with E-state index in [2.05, 4.69) is 15.9 Å². The monoisotopic (exact) mass is 292 g/mol. The lowest BCUT2D eigenvalue weighted by atomic mass is 10.0. The molecule has 0 aliphatic heterocycles. The van der Waals surface area contributed by atoms with E-state index in [0.717, 1.165) is 0 Å². The van der Waals surface area contributed by atoms with Crippen LogP contribution in [0.3, 0.4) is 0 Å². The van der Waals surface area contributed by atoms with Gasteiger partial charge in [0.05, 0.1) is 0 Å². The van der Waals surface area contributed by atoms with Crippen molar-refractivity contribution in [3.8, 4) is 0 Å². The average Bonchev–Trinajstić information content (AvgIpc) is 2.12. The largest absolute Gasteiger partial charge is 0.351 e. The van der Waals surface area contributed by atoms with Crippen LogP contribution in [0.5, 0.6) is 0 Å². The number of rotatable bonds is 3. The van der Waals surface area contributed by atoms with Gasteiger partial charge in [-0.1, -0.05) is 55.5 Å². The van der Waals surface area contributed by atoms with Crippen LogP contribution in [-0.2, 0) is 4.79 Å². The molecular weight excluding hydrogens is 272 g/mol. The Morgan fingerprint density at radius 2 is 1.56 bits per heavy atom. The van der Waals surface area contributed by atoms with E-state index in [4.69, 9.17) is 5.73 Å². The number of carbonyl (C=O) groups excluding carboxylic acids is 2. The molecule has 1 fully saturated rings. The summed E-state index contributed by atoms with van der Waals surface area (Å²) in [6.45, 7) is 3.72. The molecule has 0 aromatic heterocycles. The van der Waals surface area contributed by atoms with Crippen LogP contribution in [-0.4, -0.2) is 16.3 Å². The summed E-state index contributed by atoms with van der Waals surface area (Å²) in [6.07, 6.45) is 7.23. The number of nitrogens with one attached hydrogen (secondary N) is 1. The fraction of sp³-hybridized carbons (Fsp3) is 0.818. The van der Waals surface area contributed by atoms with Gasteiger partial charge in [-0.2, -0.15) is 0 Å². The maximum atomic E-state index is 11.3. The molecule has 3 amide bonds. The maximum absolute atomic E-state index is 11.3. The van der Waals surface area contributed by atoms with Crippen molar-refractivity contribution in [2.75, 3.05) is 0 Å². The molecule has 0 aromatic carbocycles. The van der Waals surface area contributed by atoms with Crippen LogP contribution in [0.15, 0.2) is 0 Å². The molecule has 0 saturated heterocycles. The Kier molecular flexibility index (Phi) is 7.38. The molecule has 0 bridgehead atoms. The number of primary amides is 1. The molecule has 94 valence electrons. The molecule has 1 aliphatic rings. The van der Waals surface area contributed by atoms with Gasteiger partial charge in [-0.15, -0.1) is 0 Å². The lowest BCUT2D eigenvalue weighted by molar-refractivity contribution is -0.122. The maximum Gasteiger partial charge on any atom is 0.318 e. The summed E-state index contributed by atoms with van der Waals surface area (Å²) in [5.41, 5.74) is 4.81. The Labute approximate surface area is 105 Å². The second-order valence-electron chi connectivity index (χ2n) is 3.91. The van der Waals surface area contributed by atoms with E-state index in [1.807, 2.05) is 19.2 Å². The Morgan fingerprint density at radius 1 is 1.19 bits per heavy atom. The topological polar surface area (TPSA) is 72.2 Å². The van der Waals surface area contributed by atoms with Crippen molar-refractivity contribution in [2.24, 2.45) is 5.73 Å². The first-order chi connectivity index (χ1) is 7.46. The predicted molar refractivity (Wildman–Crippen MR) is 68.4 cm³/mol. The number of hydrogen-bond acceptors (Lipinski definition) is 2. The van der Waals surface area contributed by atoms with E-state index in [-0.39, 0.29) is 5.91 Å². The zero-order valence-electron chi connectivity index (χ0n) is 10.0. The quantitative estimate of drug-likeness (QED) is 0.785. The SMILES string of the molecule is C1CCC1.CCC(Br)(CC)C(=O)NC(N)=O. The Hall–Kier alpha value is -0.580. The van der Waals surface area contributed by atoms with Gasteiger partial charge in [-0.25, -0.2) is 4.79 Å². The first-order valence-corrected chi connectivity index (χ1v) is 6.55. The van der Waals surface area contributed by atoms with Crippen LogP contribution < -0.4 is 11.1 Å². The van der Waals surface area contributed by atoms with Crippen molar-refractivity contribution in [1.29, 1.82) is 0 Å². The lowest BCUT2D eigenvalue weighted by Gasteiger charge is -2.21. The number of hydrogen-bond donors (Lipinski definition) is 2. The Bertz CT molecular complexity index is 232. The number of halogens is 1. The second-order valence-corrected chi connectivity index (χ2v) is 5.42. The molecule has 4 nitrogen and oxygen atoms in total. The molecule has 1 saturated carbocycles. The highest BCUT2D eigenvalue weighted by molar-refractivity contribution is 9.10. The number of nitrogens with two attached hydrogens (primary N) is 1. The predicted octanol–water partition coefficient (Wildman–Crippen LogP) is 2.70. The van der Waals surface area contributed by atoms with Crippen molar-refractivity contribution < 1.29 is 9.59 Å². The number of carbonyl (C=O) groups is 2. The average molecular weight is 293 g/mol. The zero-order valence-corrected chi connectivity index (χ0v) is 11.6. The van der Waals surface area contributed by atoms with Gasteiger partial charge in [0, 0.05) is 0 Å². The summed E-state index contributed by atoms with van der Waals surface area (Å²) >= 11 is 3.26. The number of alkyl halides is 1. The number of imide groups is 1. The van der Waals surface area contributed by atoms with E-state index in [0.29, 0.717) is 12.8 Å². The molecule has 1 aliphatic carbocycles. The van der Waals surface area contributed by atoms with Gasteiger partial charge in [0.2, 0.25) is 5.91 Å². The van der Waals surface area contributed by atoms with Crippen LogP contribution in [0.1, 0.15) is 52.4 Å². The van der Waals surface area contributed by atoms with Crippen LogP contribution >= 0.6 is 15.9 Å². The minimum Gasteiger partial charge on any atom is -0.351 e. The van der Waals surface area contributed by atoms with Gasteiger partial charge < -0.3 is 5.73 Å². The molecule has 5 heteroatoms. The molecule has 0 heterocycles. The lowest BCUT2D eigenvalue weighted by Crippen LogP contribution is -2.46. The van der Waals surface area contributed by atoms with Crippen molar-refractivity contribution >= 4 is 27.9 Å². The normalized spacial score (nSPS) is 14.2. The minimum absolute atomic E-state index is 0.375. The van der Waals surface area contributed by atoms with Gasteiger partial charge in [-0.3, -0.25) is 10.1 Å². The summed E-state index contributed by atoms with van der Waals surface area (Å²) in [5, 5.41) is 2.04. The van der Waals surface area contributed by atoms with E-state index < -0.39 is 10.4 Å². The van der Waals surface area contributed by atoms with E-state index in [1.165, 1.54) is 25.7 Å². The summed E-state index contributed by atoms with van der Waals surface area (Å²) in [5.74, 6) is -0.375. The Morgan fingerprint density at radius 3 is 1.75 bits per heavy atom. The first-order valence-electron chi connectivity index (χ1n) is 5.76. The smallest absolute Gasteiger partial charge is 0.318 e. The molecule has 3 N–H and O–H groups in total. The third-order valence-corrected chi connectivity index (χ3v) is 4.25.